The van der Waals surface area contributed by atoms with Gasteiger partial charge in [-0.1, -0.05) is 29.4 Å². The number of piperazine rings is 1. The first kappa shape index (κ1) is 17.8. The van der Waals surface area contributed by atoms with Crippen molar-refractivity contribution < 1.29 is 18.5 Å². The molecule has 0 unspecified atom stereocenters. The summed E-state index contributed by atoms with van der Waals surface area (Å²) in [6.45, 7) is 1.16. The van der Waals surface area contributed by atoms with Gasteiger partial charge in [-0.05, 0) is 29.8 Å². The van der Waals surface area contributed by atoms with E-state index in [1.54, 1.807) is 41.3 Å². The molecule has 1 aromatic heterocycles. The van der Waals surface area contributed by atoms with Crippen LogP contribution in [-0.2, 0) is 11.3 Å². The Morgan fingerprint density at radius 3 is 2.64 bits per heavy atom. The number of hydrogen-bond acceptors (Lipinski definition) is 5. The Balaban J connectivity index is 1.39. The number of carbonyl (C=O) groups excluding carboxylic acids is 2. The van der Waals surface area contributed by atoms with E-state index in [1.807, 2.05) is 0 Å². The van der Waals surface area contributed by atoms with Gasteiger partial charge in [-0.3, -0.25) is 9.59 Å². The van der Waals surface area contributed by atoms with Gasteiger partial charge in [0, 0.05) is 30.8 Å². The number of carbonyl (C=O) groups is 2. The third-order valence-corrected chi connectivity index (χ3v) is 4.62. The first-order valence-electron chi connectivity index (χ1n) is 8.78. The first-order valence-corrected chi connectivity index (χ1v) is 8.78. The van der Waals surface area contributed by atoms with E-state index < -0.39 is 0 Å². The molecule has 0 N–H and O–H groups in total. The molecule has 142 valence electrons. The maximum absolute atomic E-state index is 13.3. The standard InChI is InChI=1S/C20H17FN4O3/c21-17-3-1-2-14(10-17)11-24-8-9-25(12-18(24)26)20(27)16-6-4-15(5-7-16)19-22-13-28-23-19/h1-7,10,13H,8-9,11-12H2. The van der Waals surface area contributed by atoms with Crippen molar-refractivity contribution in [1.82, 2.24) is 19.9 Å². The highest BCUT2D eigenvalue weighted by Gasteiger charge is 2.27. The van der Waals surface area contributed by atoms with Crippen molar-refractivity contribution >= 4 is 11.8 Å². The van der Waals surface area contributed by atoms with Gasteiger partial charge in [-0.25, -0.2) is 4.39 Å². The van der Waals surface area contributed by atoms with Gasteiger partial charge >= 0.3 is 0 Å². The van der Waals surface area contributed by atoms with Crippen molar-refractivity contribution in [1.29, 1.82) is 0 Å². The fourth-order valence-corrected chi connectivity index (χ4v) is 3.15. The molecule has 7 nitrogen and oxygen atoms in total. The highest BCUT2D eigenvalue weighted by molar-refractivity contribution is 5.97. The van der Waals surface area contributed by atoms with Crippen LogP contribution in [0.4, 0.5) is 4.39 Å². The maximum atomic E-state index is 13.3. The number of benzene rings is 2. The molecule has 0 saturated carbocycles. The molecule has 2 heterocycles. The molecule has 2 aromatic carbocycles. The van der Waals surface area contributed by atoms with E-state index >= 15 is 0 Å². The minimum absolute atomic E-state index is 0.000736. The summed E-state index contributed by atoms with van der Waals surface area (Å²) in [5, 5.41) is 3.75. The van der Waals surface area contributed by atoms with Crippen molar-refractivity contribution in [2.45, 2.75) is 6.54 Å². The second-order valence-corrected chi connectivity index (χ2v) is 6.50. The van der Waals surface area contributed by atoms with Gasteiger partial charge in [0.1, 0.15) is 12.4 Å². The minimum Gasteiger partial charge on any atom is -0.342 e. The molecule has 1 aliphatic heterocycles. The summed E-state index contributed by atoms with van der Waals surface area (Å²) >= 11 is 0. The first-order chi connectivity index (χ1) is 13.6. The minimum atomic E-state index is -0.331. The molecule has 4 rings (SSSR count). The number of aromatic nitrogens is 2. The van der Waals surface area contributed by atoms with Crippen molar-refractivity contribution in [3.63, 3.8) is 0 Å². The fraction of sp³-hybridized carbons (Fsp3) is 0.200. The van der Waals surface area contributed by atoms with E-state index in [0.717, 1.165) is 11.1 Å². The Bertz CT molecular complexity index is 989. The quantitative estimate of drug-likeness (QED) is 0.694. The van der Waals surface area contributed by atoms with E-state index in [0.29, 0.717) is 31.0 Å². The molecule has 2 amide bonds. The summed E-state index contributed by atoms with van der Waals surface area (Å²) in [6.07, 6.45) is 1.24. The van der Waals surface area contributed by atoms with Gasteiger partial charge < -0.3 is 14.3 Å². The summed E-state index contributed by atoms with van der Waals surface area (Å²) in [5.74, 6) is -0.256. The van der Waals surface area contributed by atoms with Crippen LogP contribution >= 0.6 is 0 Å². The van der Waals surface area contributed by atoms with Crippen LogP contribution in [0.2, 0.25) is 0 Å². The van der Waals surface area contributed by atoms with Crippen LogP contribution < -0.4 is 0 Å². The van der Waals surface area contributed by atoms with Crippen molar-refractivity contribution in [2.24, 2.45) is 0 Å². The average Bonchev–Trinajstić information content (AvgIpc) is 3.24. The molecule has 3 aromatic rings. The van der Waals surface area contributed by atoms with Gasteiger partial charge in [0.15, 0.2) is 0 Å². The van der Waals surface area contributed by atoms with E-state index in [4.69, 9.17) is 4.52 Å². The van der Waals surface area contributed by atoms with E-state index in [1.165, 1.54) is 23.4 Å². The molecule has 0 radical (unpaired) electrons. The van der Waals surface area contributed by atoms with Gasteiger partial charge in [0.05, 0.1) is 0 Å². The Morgan fingerprint density at radius 1 is 1.14 bits per heavy atom. The number of rotatable bonds is 4. The van der Waals surface area contributed by atoms with Gasteiger partial charge in [0.2, 0.25) is 18.1 Å². The van der Waals surface area contributed by atoms with Crippen LogP contribution in [0, 0.1) is 5.82 Å². The molecule has 0 aliphatic carbocycles. The van der Waals surface area contributed by atoms with Gasteiger partial charge in [0.25, 0.3) is 5.91 Å². The summed E-state index contributed by atoms with van der Waals surface area (Å²) in [5.41, 5.74) is 1.95. The van der Waals surface area contributed by atoms with Crippen LogP contribution in [0.5, 0.6) is 0 Å². The maximum Gasteiger partial charge on any atom is 0.254 e. The summed E-state index contributed by atoms with van der Waals surface area (Å²) in [6, 6.07) is 13.0. The molecular weight excluding hydrogens is 363 g/mol. The van der Waals surface area contributed by atoms with Crippen LogP contribution in [-0.4, -0.2) is 51.4 Å². The molecule has 0 bridgehead atoms. The predicted molar refractivity (Wildman–Crippen MR) is 97.5 cm³/mol. The molecule has 0 atom stereocenters. The molecule has 28 heavy (non-hydrogen) atoms. The molecular formula is C20H17FN4O3. The number of hydrogen-bond donors (Lipinski definition) is 0. The van der Waals surface area contributed by atoms with Crippen molar-refractivity contribution in [3.8, 4) is 11.4 Å². The lowest BCUT2D eigenvalue weighted by molar-refractivity contribution is -0.135. The highest BCUT2D eigenvalue weighted by atomic mass is 19.1. The van der Waals surface area contributed by atoms with E-state index in [-0.39, 0.29) is 24.2 Å². The summed E-state index contributed by atoms with van der Waals surface area (Å²) in [4.78, 5) is 32.3. The molecule has 1 saturated heterocycles. The zero-order chi connectivity index (χ0) is 19.5. The number of nitrogens with zero attached hydrogens (tertiary/aromatic N) is 4. The van der Waals surface area contributed by atoms with Crippen LogP contribution in [0.25, 0.3) is 11.4 Å². The van der Waals surface area contributed by atoms with Crippen molar-refractivity contribution in [2.75, 3.05) is 19.6 Å². The van der Waals surface area contributed by atoms with Crippen LogP contribution in [0.1, 0.15) is 15.9 Å². The SMILES string of the molecule is O=C1CN(C(=O)c2ccc(-c3ncon3)cc2)CCN1Cc1cccc(F)c1. The molecule has 8 heteroatoms. The van der Waals surface area contributed by atoms with Gasteiger partial charge in [-0.2, -0.15) is 4.98 Å². The second kappa shape index (κ2) is 7.59. The van der Waals surface area contributed by atoms with E-state index in [2.05, 4.69) is 10.1 Å². The van der Waals surface area contributed by atoms with Crippen LogP contribution in [0.3, 0.4) is 0 Å². The zero-order valence-corrected chi connectivity index (χ0v) is 14.9. The summed E-state index contributed by atoms with van der Waals surface area (Å²) < 4.78 is 18.0. The lowest BCUT2D eigenvalue weighted by Crippen LogP contribution is -2.51. The third-order valence-electron chi connectivity index (χ3n) is 4.62. The highest BCUT2D eigenvalue weighted by Crippen LogP contribution is 2.17. The monoisotopic (exact) mass is 380 g/mol. The Morgan fingerprint density at radius 2 is 1.96 bits per heavy atom. The smallest absolute Gasteiger partial charge is 0.254 e. The third kappa shape index (κ3) is 3.75. The topological polar surface area (TPSA) is 79.5 Å². The largest absolute Gasteiger partial charge is 0.342 e. The molecule has 1 fully saturated rings. The molecule has 1 aliphatic rings. The lowest BCUT2D eigenvalue weighted by Gasteiger charge is -2.34. The summed E-state index contributed by atoms with van der Waals surface area (Å²) in [7, 11) is 0. The number of halogens is 1. The molecule has 0 spiro atoms. The second-order valence-electron chi connectivity index (χ2n) is 6.50. The predicted octanol–water partition coefficient (Wildman–Crippen LogP) is 2.36. The van der Waals surface area contributed by atoms with E-state index in [9.17, 15) is 14.0 Å². The zero-order valence-electron chi connectivity index (χ0n) is 14.9. The fourth-order valence-electron chi connectivity index (χ4n) is 3.15. The Kier molecular flexibility index (Phi) is 4.84. The Hall–Kier alpha value is -3.55. The van der Waals surface area contributed by atoms with Gasteiger partial charge in [-0.15, -0.1) is 0 Å². The Labute approximate surface area is 160 Å². The van der Waals surface area contributed by atoms with Crippen LogP contribution in [0.15, 0.2) is 59.4 Å². The average molecular weight is 380 g/mol. The van der Waals surface area contributed by atoms with Crippen molar-refractivity contribution in [3.05, 3.63) is 71.9 Å². The normalized spacial score (nSPS) is 14.4. The number of amides is 2. The lowest BCUT2D eigenvalue weighted by atomic mass is 10.1.